The average Bonchev–Trinajstić information content (AvgIpc) is 2.92. The predicted octanol–water partition coefficient (Wildman–Crippen LogP) is -1.10. The highest BCUT2D eigenvalue weighted by Crippen LogP contribution is 2.35. The van der Waals surface area contributed by atoms with Gasteiger partial charge in [0.25, 0.3) is 0 Å². The van der Waals surface area contributed by atoms with Crippen LogP contribution >= 0.6 is 11.3 Å². The molecule has 0 aromatic carbocycles. The van der Waals surface area contributed by atoms with Crippen molar-refractivity contribution < 1.29 is 26.6 Å². The molecule has 2 unspecified atom stereocenters. The summed E-state index contributed by atoms with van der Waals surface area (Å²) in [6.07, 6.45) is 3.74. The van der Waals surface area contributed by atoms with Crippen molar-refractivity contribution in [1.82, 2.24) is 0 Å². The van der Waals surface area contributed by atoms with E-state index in [1.54, 1.807) is 0 Å². The molecule has 2 nitrogen and oxygen atoms in total. The van der Waals surface area contributed by atoms with Crippen molar-refractivity contribution in [1.29, 1.82) is 0 Å². The Morgan fingerprint density at radius 1 is 1.41 bits per heavy atom. The molecule has 0 amide bonds. The Morgan fingerprint density at radius 2 is 2.29 bits per heavy atom. The zero-order valence-electron chi connectivity index (χ0n) is 10.0. The third kappa shape index (κ3) is 2.75. The van der Waals surface area contributed by atoms with Crippen molar-refractivity contribution in [3.05, 3.63) is 22.4 Å². The second-order valence-corrected chi connectivity index (χ2v) is 6.49. The maximum atomic E-state index is 9.85. The number of rotatable bonds is 4. The lowest BCUT2D eigenvalue weighted by atomic mass is 10.0. The SMILES string of the molecule is O[C@H]1C[N+]2(CCCc3cccs3)CCC1C2.[Br-]. The molecule has 2 fully saturated rings. The van der Waals surface area contributed by atoms with E-state index in [1.807, 2.05) is 11.3 Å². The Morgan fingerprint density at radius 3 is 2.88 bits per heavy atom. The van der Waals surface area contributed by atoms with Crippen LogP contribution in [0, 0.1) is 5.92 Å². The Labute approximate surface area is 118 Å². The van der Waals surface area contributed by atoms with E-state index >= 15 is 0 Å². The summed E-state index contributed by atoms with van der Waals surface area (Å²) in [6, 6.07) is 4.37. The summed E-state index contributed by atoms with van der Waals surface area (Å²) in [7, 11) is 0. The van der Waals surface area contributed by atoms with Gasteiger partial charge < -0.3 is 26.6 Å². The fraction of sp³-hybridized carbons (Fsp3) is 0.692. The minimum Gasteiger partial charge on any atom is -1.00 e. The normalized spacial score (nSPS) is 34.9. The Balaban J connectivity index is 0.00000108. The number of hydrogen-bond donors (Lipinski definition) is 1. The fourth-order valence-electron chi connectivity index (χ4n) is 3.48. The van der Waals surface area contributed by atoms with Gasteiger partial charge in [-0.3, -0.25) is 0 Å². The van der Waals surface area contributed by atoms with Crippen molar-refractivity contribution >= 4 is 11.3 Å². The third-order valence-electron chi connectivity index (χ3n) is 4.35. The van der Waals surface area contributed by atoms with Gasteiger partial charge in [-0.15, -0.1) is 11.3 Å². The molecule has 3 atom stereocenters. The van der Waals surface area contributed by atoms with Crippen LogP contribution in [0.25, 0.3) is 0 Å². The number of halogens is 1. The number of aryl methyl sites for hydroxylation is 1. The first kappa shape index (κ1) is 13.5. The van der Waals surface area contributed by atoms with Gasteiger partial charge in [0, 0.05) is 23.6 Å². The van der Waals surface area contributed by atoms with Crippen LogP contribution in [0.2, 0.25) is 0 Å². The van der Waals surface area contributed by atoms with Crippen LogP contribution in [0.15, 0.2) is 17.5 Å². The van der Waals surface area contributed by atoms with Crippen LogP contribution in [0.5, 0.6) is 0 Å². The Kier molecular flexibility index (Phi) is 4.29. The van der Waals surface area contributed by atoms with E-state index in [0.29, 0.717) is 5.92 Å². The maximum Gasteiger partial charge on any atom is 0.111 e. The summed E-state index contributed by atoms with van der Waals surface area (Å²) < 4.78 is 1.21. The van der Waals surface area contributed by atoms with E-state index in [1.165, 1.54) is 48.3 Å². The summed E-state index contributed by atoms with van der Waals surface area (Å²) in [5, 5.41) is 12.0. The second kappa shape index (κ2) is 5.39. The number of aliphatic hydroxyl groups is 1. The molecule has 2 bridgehead atoms. The van der Waals surface area contributed by atoms with E-state index in [0.717, 1.165) is 6.54 Å². The van der Waals surface area contributed by atoms with Gasteiger partial charge in [-0.25, -0.2) is 0 Å². The van der Waals surface area contributed by atoms with E-state index in [4.69, 9.17) is 0 Å². The van der Waals surface area contributed by atoms with Crippen LogP contribution in [-0.2, 0) is 6.42 Å². The van der Waals surface area contributed by atoms with E-state index < -0.39 is 0 Å². The van der Waals surface area contributed by atoms with Crippen molar-refractivity contribution in [2.75, 3.05) is 26.2 Å². The topological polar surface area (TPSA) is 20.2 Å². The summed E-state index contributed by atoms with van der Waals surface area (Å²) in [5.41, 5.74) is 0. The smallest absolute Gasteiger partial charge is 0.111 e. The van der Waals surface area contributed by atoms with Gasteiger partial charge in [-0.05, 0) is 17.9 Å². The van der Waals surface area contributed by atoms with Gasteiger partial charge >= 0.3 is 0 Å². The number of fused-ring (bicyclic) bond motifs is 2. The lowest BCUT2D eigenvalue weighted by Gasteiger charge is -2.32. The molecule has 3 heterocycles. The van der Waals surface area contributed by atoms with E-state index in [2.05, 4.69) is 17.5 Å². The molecule has 2 saturated heterocycles. The molecule has 1 aromatic rings. The number of piperidine rings is 1. The molecule has 4 heteroatoms. The van der Waals surface area contributed by atoms with E-state index in [9.17, 15) is 5.11 Å². The average molecular weight is 318 g/mol. The van der Waals surface area contributed by atoms with Gasteiger partial charge in [0.15, 0.2) is 0 Å². The summed E-state index contributed by atoms with van der Waals surface area (Å²) in [5.74, 6) is 0.613. The Hall–Kier alpha value is 0.1000. The molecule has 0 radical (unpaired) electrons. The zero-order valence-corrected chi connectivity index (χ0v) is 12.4. The molecule has 3 rings (SSSR count). The number of nitrogens with zero attached hydrogens (tertiary/aromatic N) is 1. The summed E-state index contributed by atoms with van der Waals surface area (Å²) in [4.78, 5) is 1.51. The van der Waals surface area contributed by atoms with Crippen LogP contribution in [-0.4, -0.2) is 41.9 Å². The van der Waals surface area contributed by atoms with E-state index in [-0.39, 0.29) is 23.1 Å². The maximum absolute atomic E-state index is 9.85. The highest BCUT2D eigenvalue weighted by molar-refractivity contribution is 7.09. The number of aliphatic hydroxyl groups excluding tert-OH is 1. The molecule has 1 aromatic heterocycles. The standard InChI is InChI=1S/C13H20NOS.BrH/c15-13-10-14(7-5-11(13)9-14)6-1-3-12-4-2-8-16-12;/h2,4,8,11,13,15H,1,3,5-7,9-10H2;1H/q+1;/p-1/t11?,13-,14?;/m0./s1. The van der Waals surface area contributed by atoms with Gasteiger partial charge in [-0.1, -0.05) is 6.07 Å². The quantitative estimate of drug-likeness (QED) is 0.699. The lowest BCUT2D eigenvalue weighted by Crippen LogP contribution is -3.00. The van der Waals surface area contributed by atoms with Crippen LogP contribution < -0.4 is 17.0 Å². The summed E-state index contributed by atoms with van der Waals surface area (Å²) >= 11 is 1.87. The highest BCUT2D eigenvalue weighted by Gasteiger charge is 2.49. The number of hydrogen-bond acceptors (Lipinski definition) is 2. The summed E-state index contributed by atoms with van der Waals surface area (Å²) in [6.45, 7) is 4.85. The minimum absolute atomic E-state index is 0. The van der Waals surface area contributed by atoms with Crippen molar-refractivity contribution in [2.45, 2.75) is 25.4 Å². The van der Waals surface area contributed by atoms with Crippen LogP contribution in [0.4, 0.5) is 0 Å². The minimum atomic E-state index is -0.00418. The monoisotopic (exact) mass is 317 g/mol. The predicted molar refractivity (Wildman–Crippen MR) is 66.5 cm³/mol. The fourth-order valence-corrected chi connectivity index (χ4v) is 4.23. The zero-order chi connectivity index (χ0) is 11.0. The molecule has 2 aliphatic heterocycles. The van der Waals surface area contributed by atoms with Gasteiger partial charge in [0.1, 0.15) is 12.6 Å². The van der Waals surface area contributed by atoms with Gasteiger partial charge in [0.05, 0.1) is 19.6 Å². The highest BCUT2D eigenvalue weighted by atomic mass is 79.9. The third-order valence-corrected chi connectivity index (χ3v) is 5.29. The second-order valence-electron chi connectivity index (χ2n) is 5.45. The molecule has 2 aliphatic rings. The molecule has 0 spiro atoms. The van der Waals surface area contributed by atoms with Crippen LogP contribution in [0.3, 0.4) is 0 Å². The number of thiophene rings is 1. The molecule has 17 heavy (non-hydrogen) atoms. The first-order valence-corrected chi connectivity index (χ1v) is 7.21. The molecule has 1 N–H and O–H groups in total. The van der Waals surface area contributed by atoms with Crippen LogP contribution in [0.1, 0.15) is 17.7 Å². The molecular weight excluding hydrogens is 298 g/mol. The lowest BCUT2D eigenvalue weighted by molar-refractivity contribution is -0.910. The molecule has 0 saturated carbocycles. The van der Waals surface area contributed by atoms with Gasteiger partial charge in [-0.2, -0.15) is 0 Å². The van der Waals surface area contributed by atoms with Gasteiger partial charge in [0.2, 0.25) is 0 Å². The molecular formula is C13H20BrNOS. The molecule has 96 valence electrons. The Bertz CT molecular complexity index is 352. The number of quaternary nitrogens is 1. The first-order chi connectivity index (χ1) is 7.77. The first-order valence-electron chi connectivity index (χ1n) is 6.33. The van der Waals surface area contributed by atoms with Crippen molar-refractivity contribution in [2.24, 2.45) is 5.92 Å². The molecule has 0 aliphatic carbocycles. The largest absolute Gasteiger partial charge is 1.00 e. The van der Waals surface area contributed by atoms with Crippen molar-refractivity contribution in [3.63, 3.8) is 0 Å². The van der Waals surface area contributed by atoms with Crippen molar-refractivity contribution in [3.8, 4) is 0 Å².